The van der Waals surface area contributed by atoms with Crippen molar-refractivity contribution in [2.24, 2.45) is 0 Å². The van der Waals surface area contributed by atoms with Gasteiger partial charge in [-0.25, -0.2) is 9.97 Å². The third-order valence-corrected chi connectivity index (χ3v) is 7.99. The number of nitriles is 1. The highest BCUT2D eigenvalue weighted by molar-refractivity contribution is 6.32. The largest absolute Gasteiger partial charge is 0.420 e. The summed E-state index contributed by atoms with van der Waals surface area (Å²) < 4.78 is 5.46. The van der Waals surface area contributed by atoms with Crippen LogP contribution in [0.2, 0.25) is 10.2 Å². The lowest BCUT2D eigenvalue weighted by Crippen LogP contribution is -2.58. The van der Waals surface area contributed by atoms with Gasteiger partial charge in [-0.2, -0.15) is 5.26 Å². The fourth-order valence-corrected chi connectivity index (χ4v) is 5.93. The van der Waals surface area contributed by atoms with E-state index in [9.17, 15) is 5.26 Å². The van der Waals surface area contributed by atoms with Gasteiger partial charge in [0.05, 0.1) is 11.6 Å². The predicted octanol–water partition coefficient (Wildman–Crippen LogP) is 4.16. The Balaban J connectivity index is 1.21. The van der Waals surface area contributed by atoms with E-state index in [4.69, 9.17) is 33.4 Å². The van der Waals surface area contributed by atoms with Gasteiger partial charge in [0.25, 0.3) is 5.89 Å². The smallest absolute Gasteiger partial charge is 0.270 e. The highest BCUT2D eigenvalue weighted by Gasteiger charge is 2.34. The molecular weight excluding hydrogens is 525 g/mol. The molecule has 3 aromatic rings. The molecule has 0 saturated carbocycles. The number of benzene rings is 1. The first-order valence-electron chi connectivity index (χ1n) is 12.9. The molecule has 0 aliphatic carbocycles. The Morgan fingerprint density at radius 3 is 2.61 bits per heavy atom. The number of halogens is 2. The number of anilines is 2. The van der Waals surface area contributed by atoms with Crippen molar-refractivity contribution in [2.45, 2.75) is 51.7 Å². The maximum absolute atomic E-state index is 9.47. The molecule has 0 unspecified atom stereocenters. The maximum atomic E-state index is 9.47. The summed E-state index contributed by atoms with van der Waals surface area (Å²) in [5.41, 5.74) is 8.21. The number of hydrogen-bond donors (Lipinski definition) is 1. The van der Waals surface area contributed by atoms with Crippen LogP contribution in [-0.2, 0) is 6.54 Å². The minimum absolute atomic E-state index is 0.212. The van der Waals surface area contributed by atoms with E-state index >= 15 is 0 Å². The van der Waals surface area contributed by atoms with E-state index < -0.39 is 0 Å². The summed E-state index contributed by atoms with van der Waals surface area (Å²) in [5.74, 6) is 1.44. The molecule has 2 aliphatic rings. The first kappa shape index (κ1) is 26.6. The molecule has 2 saturated heterocycles. The topological polar surface area (TPSA) is 124 Å². The van der Waals surface area contributed by atoms with Crippen LogP contribution in [0.5, 0.6) is 0 Å². The van der Waals surface area contributed by atoms with Gasteiger partial charge in [0.15, 0.2) is 22.5 Å². The maximum Gasteiger partial charge on any atom is 0.270 e. The van der Waals surface area contributed by atoms with Gasteiger partial charge < -0.3 is 15.1 Å². The number of aryl methyl sites for hydroxylation is 1. The molecule has 0 radical (unpaired) electrons. The zero-order valence-electron chi connectivity index (χ0n) is 21.6. The number of aromatic nitrogens is 4. The zero-order chi connectivity index (χ0) is 26.8. The van der Waals surface area contributed by atoms with Gasteiger partial charge in [-0.1, -0.05) is 36.2 Å². The minimum Gasteiger partial charge on any atom is -0.420 e. The molecule has 38 heavy (non-hydrogen) atoms. The second-order valence-corrected chi connectivity index (χ2v) is 10.7. The Kier molecular flexibility index (Phi) is 8.00. The summed E-state index contributed by atoms with van der Waals surface area (Å²) >= 11 is 12.6. The lowest BCUT2D eigenvalue weighted by atomic mass is 9.97. The van der Waals surface area contributed by atoms with Gasteiger partial charge in [0.2, 0.25) is 5.89 Å². The Hall–Kier alpha value is -2.97. The van der Waals surface area contributed by atoms with Gasteiger partial charge in [-0.15, -0.1) is 10.2 Å². The van der Waals surface area contributed by atoms with Gasteiger partial charge in [-0.3, -0.25) is 9.80 Å². The van der Waals surface area contributed by atoms with E-state index in [1.54, 1.807) is 13.0 Å². The first-order chi connectivity index (χ1) is 18.4. The summed E-state index contributed by atoms with van der Waals surface area (Å²) in [5, 5.41) is 18.2. The summed E-state index contributed by atoms with van der Waals surface area (Å²) in [6, 6.07) is 8.75. The zero-order valence-corrected chi connectivity index (χ0v) is 23.1. The average molecular weight is 557 g/mol. The lowest BCUT2D eigenvalue weighted by Gasteiger charge is -2.47. The van der Waals surface area contributed by atoms with E-state index in [0.717, 1.165) is 64.1 Å². The quantitative estimate of drug-likeness (QED) is 0.473. The van der Waals surface area contributed by atoms with Crippen molar-refractivity contribution in [2.75, 3.05) is 43.4 Å². The summed E-state index contributed by atoms with van der Waals surface area (Å²) in [6.45, 7) is 9.21. The minimum atomic E-state index is 0.212. The van der Waals surface area contributed by atoms with Crippen LogP contribution in [0.3, 0.4) is 0 Å². The molecule has 0 spiro atoms. The van der Waals surface area contributed by atoms with Crippen molar-refractivity contribution in [3.8, 4) is 17.7 Å². The van der Waals surface area contributed by atoms with E-state index in [0.29, 0.717) is 40.1 Å². The van der Waals surface area contributed by atoms with Crippen molar-refractivity contribution in [3.05, 3.63) is 45.4 Å². The molecule has 200 valence electrons. The molecule has 0 amide bonds. The number of likely N-dealkylation sites (tertiary alicyclic amines) is 1. The van der Waals surface area contributed by atoms with Crippen molar-refractivity contribution in [3.63, 3.8) is 0 Å². The predicted molar refractivity (Wildman–Crippen MR) is 147 cm³/mol. The highest BCUT2D eigenvalue weighted by Crippen LogP contribution is 2.32. The van der Waals surface area contributed by atoms with Crippen molar-refractivity contribution >= 4 is 34.8 Å². The molecule has 4 heterocycles. The second kappa shape index (κ2) is 11.4. The molecule has 12 heteroatoms. The normalized spacial score (nSPS) is 19.6. The number of piperazine rings is 1. The Labute approximate surface area is 232 Å². The summed E-state index contributed by atoms with van der Waals surface area (Å²) in [7, 11) is 0. The van der Waals surface area contributed by atoms with Crippen LogP contribution < -0.4 is 10.6 Å². The van der Waals surface area contributed by atoms with Gasteiger partial charge in [-0.05, 0) is 50.0 Å². The van der Waals surface area contributed by atoms with Crippen molar-refractivity contribution in [1.29, 1.82) is 5.26 Å². The molecule has 1 atom stereocenters. The molecule has 2 aliphatic heterocycles. The van der Waals surface area contributed by atoms with Gasteiger partial charge >= 0.3 is 0 Å². The molecular formula is C26H31Cl2N9O. The molecule has 2 N–H and O–H groups in total. The van der Waals surface area contributed by atoms with Crippen LogP contribution in [0.25, 0.3) is 11.6 Å². The second-order valence-electron chi connectivity index (χ2n) is 9.86. The molecule has 1 aromatic carbocycles. The number of rotatable bonds is 6. The van der Waals surface area contributed by atoms with E-state index in [2.05, 4.69) is 47.9 Å². The Bertz CT molecular complexity index is 1330. The van der Waals surface area contributed by atoms with Crippen LogP contribution in [0.1, 0.15) is 43.2 Å². The fraction of sp³-hybridized carbons (Fsp3) is 0.500. The highest BCUT2D eigenvalue weighted by atomic mass is 35.5. The van der Waals surface area contributed by atoms with E-state index in [1.165, 1.54) is 0 Å². The van der Waals surface area contributed by atoms with Crippen LogP contribution in [0.4, 0.5) is 11.6 Å². The SMILES string of the molecule is CC[C@H]1CN(c2nc(N)c(-c3nnc(C)o3)nc2Cl)CCN1C1CCN(Cc2ccc(Cl)cc2C#N)CC1. The summed E-state index contributed by atoms with van der Waals surface area (Å²) in [6.07, 6.45) is 3.21. The molecule has 10 nitrogen and oxygen atoms in total. The molecule has 2 aromatic heterocycles. The fourth-order valence-electron chi connectivity index (χ4n) is 5.52. The van der Waals surface area contributed by atoms with Crippen molar-refractivity contribution in [1.82, 2.24) is 30.0 Å². The van der Waals surface area contributed by atoms with Gasteiger partial charge in [0, 0.05) is 50.2 Å². The number of nitrogen functional groups attached to an aromatic ring is 1. The lowest BCUT2D eigenvalue weighted by molar-refractivity contribution is 0.0610. The summed E-state index contributed by atoms with van der Waals surface area (Å²) in [4.78, 5) is 16.3. The van der Waals surface area contributed by atoms with E-state index in [1.807, 2.05) is 12.1 Å². The number of piperidine rings is 1. The average Bonchev–Trinajstić information content (AvgIpc) is 3.36. The Morgan fingerprint density at radius 1 is 1.13 bits per heavy atom. The monoisotopic (exact) mass is 555 g/mol. The van der Waals surface area contributed by atoms with Crippen LogP contribution in [0, 0.1) is 18.3 Å². The Morgan fingerprint density at radius 2 is 1.92 bits per heavy atom. The standard InChI is InChI=1S/C26H31Cl2N9O/c1-3-20-15-36(25-23(28)31-22(24(30)32-25)26-34-33-16(2)38-26)10-11-37(20)21-6-8-35(9-7-21)14-17-4-5-19(27)12-18(17)13-29/h4-5,12,20-21H,3,6-11,14-15H2,1-2H3,(H2,30,32)/t20-/m0/s1. The van der Waals surface area contributed by atoms with E-state index in [-0.39, 0.29) is 16.9 Å². The molecule has 0 bridgehead atoms. The van der Waals surface area contributed by atoms with Gasteiger partial charge in [0.1, 0.15) is 0 Å². The number of hydrogen-bond acceptors (Lipinski definition) is 10. The molecule has 2 fully saturated rings. The van der Waals surface area contributed by atoms with Crippen molar-refractivity contribution < 1.29 is 4.42 Å². The first-order valence-corrected chi connectivity index (χ1v) is 13.7. The number of nitrogens with zero attached hydrogens (tertiary/aromatic N) is 8. The van der Waals surface area contributed by atoms with Crippen LogP contribution in [-0.4, -0.2) is 74.8 Å². The number of nitrogens with two attached hydrogens (primary N) is 1. The van der Waals surface area contributed by atoms with Crippen LogP contribution in [0.15, 0.2) is 22.6 Å². The third kappa shape index (κ3) is 5.57. The third-order valence-electron chi connectivity index (χ3n) is 7.50. The molecule has 5 rings (SSSR count). The van der Waals surface area contributed by atoms with Crippen LogP contribution >= 0.6 is 23.2 Å².